The van der Waals surface area contributed by atoms with E-state index in [1.165, 1.54) is 18.0 Å². The Morgan fingerprint density at radius 1 is 1.56 bits per heavy atom. The smallest absolute Gasteiger partial charge is 0.337 e. The number of halogens is 1. The Morgan fingerprint density at radius 2 is 2.22 bits per heavy atom. The maximum Gasteiger partial charge on any atom is 0.337 e. The second-order valence-corrected chi connectivity index (χ2v) is 3.59. The van der Waals surface area contributed by atoms with Crippen molar-refractivity contribution in [3.63, 3.8) is 0 Å². The van der Waals surface area contributed by atoms with Crippen LogP contribution < -0.4 is 5.32 Å². The number of rotatable bonds is 4. The molecule has 5 nitrogen and oxygen atoms in total. The van der Waals surface area contributed by atoms with E-state index in [-0.39, 0.29) is 11.3 Å². The number of hydrogen-bond acceptors (Lipinski definition) is 2. The Morgan fingerprint density at radius 3 is 2.78 bits per heavy atom. The monoisotopic (exact) mass is 252 g/mol. The number of carboxylic acid groups (broad SMARTS) is 1. The third kappa shape index (κ3) is 3.31. The van der Waals surface area contributed by atoms with Gasteiger partial charge in [-0.15, -0.1) is 6.58 Å². The highest BCUT2D eigenvalue weighted by Gasteiger charge is 2.15. The van der Waals surface area contributed by atoms with Gasteiger partial charge in [-0.2, -0.15) is 0 Å². The van der Waals surface area contributed by atoms with Crippen LogP contribution in [0.15, 0.2) is 30.9 Å². The van der Waals surface area contributed by atoms with Crippen LogP contribution in [0.4, 0.5) is 14.9 Å². The van der Waals surface area contributed by atoms with Crippen molar-refractivity contribution in [3.8, 4) is 0 Å². The highest BCUT2D eigenvalue weighted by molar-refractivity contribution is 5.99. The van der Waals surface area contributed by atoms with Gasteiger partial charge in [0.25, 0.3) is 0 Å². The number of urea groups is 1. The van der Waals surface area contributed by atoms with Crippen LogP contribution in [0.1, 0.15) is 10.4 Å². The number of hydrogen-bond donors (Lipinski definition) is 2. The molecule has 1 rings (SSSR count). The number of anilines is 1. The number of benzene rings is 1. The summed E-state index contributed by atoms with van der Waals surface area (Å²) in [7, 11) is 1.51. The fourth-order valence-electron chi connectivity index (χ4n) is 1.29. The molecule has 2 amide bonds. The Bertz CT molecular complexity index is 488. The molecule has 0 fully saturated rings. The number of carbonyl (C=O) groups excluding carboxylic acids is 1. The number of amides is 2. The van der Waals surface area contributed by atoms with Crippen molar-refractivity contribution < 1.29 is 19.1 Å². The molecule has 1 aromatic rings. The molecule has 0 aliphatic carbocycles. The van der Waals surface area contributed by atoms with Crippen LogP contribution in [0.25, 0.3) is 0 Å². The molecule has 2 N–H and O–H groups in total. The highest BCUT2D eigenvalue weighted by atomic mass is 19.1. The predicted molar refractivity (Wildman–Crippen MR) is 65.2 cm³/mol. The first-order chi connectivity index (χ1) is 8.45. The molecule has 0 unspecified atom stereocenters. The summed E-state index contributed by atoms with van der Waals surface area (Å²) in [6, 6.07) is 2.54. The topological polar surface area (TPSA) is 69.6 Å². The van der Waals surface area contributed by atoms with Crippen LogP contribution >= 0.6 is 0 Å². The minimum absolute atomic E-state index is 0.0802. The summed E-state index contributed by atoms with van der Waals surface area (Å²) in [5.41, 5.74) is -0.250. The summed E-state index contributed by atoms with van der Waals surface area (Å²) in [4.78, 5) is 23.8. The fourth-order valence-corrected chi connectivity index (χ4v) is 1.29. The lowest BCUT2D eigenvalue weighted by Gasteiger charge is -2.16. The number of nitrogens with one attached hydrogen (secondary N) is 1. The van der Waals surface area contributed by atoms with E-state index in [1.807, 2.05) is 0 Å². The van der Waals surface area contributed by atoms with Crippen LogP contribution in [0.2, 0.25) is 0 Å². The average molecular weight is 252 g/mol. The first-order valence-electron chi connectivity index (χ1n) is 5.11. The van der Waals surface area contributed by atoms with Gasteiger partial charge in [-0.1, -0.05) is 6.08 Å². The van der Waals surface area contributed by atoms with Gasteiger partial charge in [0.15, 0.2) is 0 Å². The van der Waals surface area contributed by atoms with Gasteiger partial charge in [0.1, 0.15) is 5.82 Å². The SMILES string of the molecule is C=CCN(C)C(=O)Nc1cc(F)ccc1C(=O)O. The van der Waals surface area contributed by atoms with E-state index in [0.29, 0.717) is 6.54 Å². The molecule has 0 aromatic heterocycles. The number of aromatic carboxylic acids is 1. The maximum atomic E-state index is 13.0. The van der Waals surface area contributed by atoms with Crippen molar-refractivity contribution in [3.05, 3.63) is 42.2 Å². The maximum absolute atomic E-state index is 13.0. The van der Waals surface area contributed by atoms with Crippen molar-refractivity contribution in [1.29, 1.82) is 0 Å². The van der Waals surface area contributed by atoms with Crippen molar-refractivity contribution in [2.75, 3.05) is 18.9 Å². The minimum atomic E-state index is -1.24. The summed E-state index contributed by atoms with van der Waals surface area (Å²) >= 11 is 0. The zero-order valence-corrected chi connectivity index (χ0v) is 9.81. The van der Waals surface area contributed by atoms with Gasteiger partial charge in [-0.3, -0.25) is 0 Å². The number of likely N-dealkylation sites (N-methyl/N-ethyl adjacent to an activating group) is 1. The first-order valence-corrected chi connectivity index (χ1v) is 5.11. The molecule has 0 bridgehead atoms. The van der Waals surface area contributed by atoms with E-state index in [0.717, 1.165) is 18.2 Å². The van der Waals surface area contributed by atoms with Gasteiger partial charge in [0.2, 0.25) is 0 Å². The van der Waals surface area contributed by atoms with E-state index in [2.05, 4.69) is 11.9 Å². The Hall–Kier alpha value is -2.37. The van der Waals surface area contributed by atoms with E-state index >= 15 is 0 Å². The molecule has 0 radical (unpaired) electrons. The lowest BCUT2D eigenvalue weighted by molar-refractivity contribution is 0.0698. The van der Waals surface area contributed by atoms with Crippen LogP contribution in [-0.2, 0) is 0 Å². The van der Waals surface area contributed by atoms with E-state index in [1.54, 1.807) is 0 Å². The van der Waals surface area contributed by atoms with Crippen LogP contribution in [-0.4, -0.2) is 35.6 Å². The Labute approximate surface area is 104 Å². The third-order valence-electron chi connectivity index (χ3n) is 2.20. The summed E-state index contributed by atoms with van der Waals surface area (Å²) < 4.78 is 13.0. The molecular weight excluding hydrogens is 239 g/mol. The van der Waals surface area contributed by atoms with E-state index in [4.69, 9.17) is 5.11 Å². The second-order valence-electron chi connectivity index (χ2n) is 3.59. The molecule has 0 saturated heterocycles. The molecule has 0 aliphatic rings. The zero-order valence-electron chi connectivity index (χ0n) is 9.81. The van der Waals surface area contributed by atoms with Crippen molar-refractivity contribution >= 4 is 17.7 Å². The Balaban J connectivity index is 2.95. The van der Waals surface area contributed by atoms with Gasteiger partial charge < -0.3 is 15.3 Å². The summed E-state index contributed by atoms with van der Waals surface area (Å²) in [5.74, 6) is -1.86. The standard InChI is InChI=1S/C12H13FN2O3/c1-3-6-15(2)12(18)14-10-7-8(13)4-5-9(10)11(16)17/h3-5,7H,1,6H2,2H3,(H,14,18)(H,16,17). The molecule has 0 saturated carbocycles. The predicted octanol–water partition coefficient (Wildman–Crippen LogP) is 2.17. The summed E-state index contributed by atoms with van der Waals surface area (Å²) in [6.45, 7) is 3.77. The summed E-state index contributed by atoms with van der Waals surface area (Å²) in [6.07, 6.45) is 1.52. The van der Waals surface area contributed by atoms with Gasteiger partial charge in [0, 0.05) is 13.6 Å². The minimum Gasteiger partial charge on any atom is -0.478 e. The molecule has 1 aromatic carbocycles. The molecule has 18 heavy (non-hydrogen) atoms. The lowest BCUT2D eigenvalue weighted by Crippen LogP contribution is -2.31. The van der Waals surface area contributed by atoms with Gasteiger partial charge >= 0.3 is 12.0 Å². The van der Waals surface area contributed by atoms with Gasteiger partial charge in [-0.05, 0) is 18.2 Å². The highest BCUT2D eigenvalue weighted by Crippen LogP contribution is 2.17. The van der Waals surface area contributed by atoms with Crippen LogP contribution in [0.5, 0.6) is 0 Å². The second kappa shape index (κ2) is 5.81. The van der Waals surface area contributed by atoms with Gasteiger partial charge in [0.05, 0.1) is 11.3 Å². The molecular formula is C12H13FN2O3. The third-order valence-corrected chi connectivity index (χ3v) is 2.20. The Kier molecular flexibility index (Phi) is 4.42. The summed E-state index contributed by atoms with van der Waals surface area (Å²) in [5, 5.41) is 11.2. The molecule has 6 heteroatoms. The quantitative estimate of drug-likeness (QED) is 0.807. The lowest BCUT2D eigenvalue weighted by atomic mass is 10.2. The van der Waals surface area contributed by atoms with Crippen LogP contribution in [0.3, 0.4) is 0 Å². The van der Waals surface area contributed by atoms with Crippen molar-refractivity contribution in [1.82, 2.24) is 4.90 Å². The zero-order chi connectivity index (χ0) is 13.7. The van der Waals surface area contributed by atoms with E-state index < -0.39 is 17.8 Å². The fraction of sp³-hybridized carbons (Fsp3) is 0.167. The molecule has 0 spiro atoms. The first kappa shape index (κ1) is 13.7. The van der Waals surface area contributed by atoms with Crippen molar-refractivity contribution in [2.24, 2.45) is 0 Å². The number of carbonyl (C=O) groups is 2. The van der Waals surface area contributed by atoms with Crippen molar-refractivity contribution in [2.45, 2.75) is 0 Å². The average Bonchev–Trinajstić information content (AvgIpc) is 2.28. The molecule has 0 atom stereocenters. The largest absolute Gasteiger partial charge is 0.478 e. The number of nitrogens with zero attached hydrogens (tertiary/aromatic N) is 1. The normalized spacial score (nSPS) is 9.67. The molecule has 0 aliphatic heterocycles. The van der Waals surface area contributed by atoms with Crippen LogP contribution in [0, 0.1) is 5.82 Å². The van der Waals surface area contributed by atoms with Gasteiger partial charge in [-0.25, -0.2) is 14.0 Å². The molecule has 96 valence electrons. The molecule has 0 heterocycles. The van der Waals surface area contributed by atoms with E-state index in [9.17, 15) is 14.0 Å². The number of carboxylic acids is 1.